The van der Waals surface area contributed by atoms with Crippen LogP contribution in [0, 0.1) is 11.3 Å². The van der Waals surface area contributed by atoms with E-state index in [1.165, 1.54) is 4.90 Å². The smallest absolute Gasteiger partial charge is 0.407 e. The second kappa shape index (κ2) is 9.72. The van der Waals surface area contributed by atoms with Crippen LogP contribution in [0.15, 0.2) is 48.5 Å². The first-order valence-corrected chi connectivity index (χ1v) is 12.3. The minimum absolute atomic E-state index is 0.0544. The number of carbonyl (C=O) groups excluding carboxylic acids is 2. The van der Waals surface area contributed by atoms with Crippen LogP contribution in [-0.2, 0) is 14.3 Å². The van der Waals surface area contributed by atoms with Crippen molar-refractivity contribution >= 4 is 18.0 Å². The van der Waals surface area contributed by atoms with Gasteiger partial charge in [-0.15, -0.1) is 0 Å². The molecule has 7 heteroatoms. The van der Waals surface area contributed by atoms with E-state index in [0.29, 0.717) is 19.4 Å². The Bertz CT molecular complexity index is 1080. The van der Waals surface area contributed by atoms with Crippen LogP contribution in [0.2, 0.25) is 0 Å². The van der Waals surface area contributed by atoms with Crippen LogP contribution in [0.25, 0.3) is 11.1 Å². The van der Waals surface area contributed by atoms with Crippen molar-refractivity contribution in [1.82, 2.24) is 10.2 Å². The van der Waals surface area contributed by atoms with Crippen LogP contribution in [-0.4, -0.2) is 53.2 Å². The fraction of sp³-hybridized carbons (Fsp3) is 0.464. The Morgan fingerprint density at radius 1 is 1.06 bits per heavy atom. The van der Waals surface area contributed by atoms with E-state index in [-0.39, 0.29) is 24.3 Å². The molecule has 2 aromatic carbocycles. The number of fused-ring (bicyclic) bond motifs is 3. The summed E-state index contributed by atoms with van der Waals surface area (Å²) in [5, 5.41) is 12.4. The summed E-state index contributed by atoms with van der Waals surface area (Å²) >= 11 is 0. The van der Waals surface area contributed by atoms with Gasteiger partial charge in [-0.05, 0) is 54.9 Å². The van der Waals surface area contributed by atoms with Gasteiger partial charge < -0.3 is 20.1 Å². The van der Waals surface area contributed by atoms with Gasteiger partial charge in [0.2, 0.25) is 5.91 Å². The van der Waals surface area contributed by atoms with Crippen LogP contribution in [0.5, 0.6) is 0 Å². The molecule has 186 valence electrons. The number of benzene rings is 2. The van der Waals surface area contributed by atoms with Crippen molar-refractivity contribution < 1.29 is 24.2 Å². The molecule has 0 saturated carbocycles. The van der Waals surface area contributed by atoms with E-state index in [9.17, 15) is 19.5 Å². The molecule has 2 aromatic rings. The summed E-state index contributed by atoms with van der Waals surface area (Å²) in [5.41, 5.74) is 3.57. The Labute approximate surface area is 206 Å². The Morgan fingerprint density at radius 2 is 1.63 bits per heavy atom. The first-order chi connectivity index (χ1) is 16.6. The number of carbonyl (C=O) groups is 3. The number of carboxylic acids is 1. The number of ether oxygens (including phenoxy) is 1. The molecular formula is C28H34N2O5. The number of rotatable bonds is 7. The second-order valence-corrected chi connectivity index (χ2v) is 10.4. The zero-order chi connectivity index (χ0) is 25.3. The standard InChI is InChI=1S/C28H34N2O5/c1-17(2)24(28(3,4)26(33)30-15-9-14-23(30)25(31)32)29-27(34)35-16-22-20-12-7-5-10-18(20)19-11-6-8-13-21(19)22/h5-8,10-13,17,22-24H,9,14-16H2,1-4H3,(H,29,34)(H,31,32)/t23-,24?/m0/s1. The third-order valence-corrected chi connectivity index (χ3v) is 7.41. The Hall–Kier alpha value is -3.35. The maximum Gasteiger partial charge on any atom is 0.407 e. The molecule has 0 bridgehead atoms. The maximum atomic E-state index is 13.4. The summed E-state index contributed by atoms with van der Waals surface area (Å²) in [6, 6.07) is 14.9. The van der Waals surface area contributed by atoms with Gasteiger partial charge >= 0.3 is 12.1 Å². The van der Waals surface area contributed by atoms with Gasteiger partial charge in [0.05, 0.1) is 5.41 Å². The van der Waals surface area contributed by atoms with E-state index < -0.39 is 29.6 Å². The monoisotopic (exact) mass is 478 g/mol. The van der Waals surface area contributed by atoms with Gasteiger partial charge in [-0.1, -0.05) is 62.4 Å². The van der Waals surface area contributed by atoms with Crippen molar-refractivity contribution in [3.05, 3.63) is 59.7 Å². The van der Waals surface area contributed by atoms with Crippen molar-refractivity contribution in [2.45, 2.75) is 58.5 Å². The molecule has 4 rings (SSSR count). The molecule has 1 aliphatic carbocycles. The lowest BCUT2D eigenvalue weighted by Crippen LogP contribution is -2.57. The van der Waals surface area contributed by atoms with Crippen LogP contribution in [0.1, 0.15) is 57.6 Å². The Balaban J connectivity index is 1.46. The van der Waals surface area contributed by atoms with Crippen LogP contribution in [0.3, 0.4) is 0 Å². The van der Waals surface area contributed by atoms with Crippen molar-refractivity contribution in [2.75, 3.05) is 13.2 Å². The Kier molecular flexibility index (Phi) is 6.88. The molecule has 0 aromatic heterocycles. The lowest BCUT2D eigenvalue weighted by molar-refractivity contribution is -0.153. The molecule has 2 atom stereocenters. The molecule has 1 aliphatic heterocycles. The molecule has 35 heavy (non-hydrogen) atoms. The average molecular weight is 479 g/mol. The summed E-state index contributed by atoms with van der Waals surface area (Å²) in [6.07, 6.45) is 0.525. The number of nitrogens with zero attached hydrogens (tertiary/aromatic N) is 1. The Morgan fingerprint density at radius 3 is 2.17 bits per heavy atom. The predicted octanol–water partition coefficient (Wildman–Crippen LogP) is 4.65. The van der Waals surface area contributed by atoms with Gasteiger partial charge in [0.25, 0.3) is 0 Å². The predicted molar refractivity (Wildman–Crippen MR) is 133 cm³/mol. The van der Waals surface area contributed by atoms with Gasteiger partial charge in [-0.2, -0.15) is 0 Å². The first-order valence-electron chi connectivity index (χ1n) is 12.3. The number of aliphatic carboxylic acids is 1. The summed E-state index contributed by atoms with van der Waals surface area (Å²) in [6.45, 7) is 7.99. The number of amides is 2. The number of carboxylic acid groups (broad SMARTS) is 1. The lowest BCUT2D eigenvalue weighted by atomic mass is 9.77. The van der Waals surface area contributed by atoms with Gasteiger partial charge in [0, 0.05) is 18.5 Å². The first kappa shape index (κ1) is 24.8. The van der Waals surface area contributed by atoms with Crippen molar-refractivity contribution in [3.8, 4) is 11.1 Å². The van der Waals surface area contributed by atoms with Gasteiger partial charge in [0.1, 0.15) is 12.6 Å². The molecule has 2 N–H and O–H groups in total. The molecule has 1 fully saturated rings. The molecule has 1 heterocycles. The lowest BCUT2D eigenvalue weighted by Gasteiger charge is -2.39. The van der Waals surface area contributed by atoms with E-state index in [1.807, 2.05) is 38.1 Å². The third-order valence-electron chi connectivity index (χ3n) is 7.41. The fourth-order valence-corrected chi connectivity index (χ4v) is 5.72. The summed E-state index contributed by atoms with van der Waals surface area (Å²) in [7, 11) is 0. The van der Waals surface area contributed by atoms with E-state index in [4.69, 9.17) is 4.74 Å². The highest BCUT2D eigenvalue weighted by atomic mass is 16.5. The molecule has 1 unspecified atom stereocenters. The highest BCUT2D eigenvalue weighted by Gasteiger charge is 2.46. The van der Waals surface area contributed by atoms with E-state index in [1.54, 1.807) is 13.8 Å². The number of hydrogen-bond donors (Lipinski definition) is 2. The van der Waals surface area contributed by atoms with Crippen LogP contribution >= 0.6 is 0 Å². The number of nitrogens with one attached hydrogen (secondary N) is 1. The highest BCUT2D eigenvalue weighted by Crippen LogP contribution is 2.44. The topological polar surface area (TPSA) is 95.9 Å². The van der Waals surface area contributed by atoms with Crippen molar-refractivity contribution in [1.29, 1.82) is 0 Å². The minimum Gasteiger partial charge on any atom is -0.480 e. The average Bonchev–Trinajstić information content (AvgIpc) is 3.44. The summed E-state index contributed by atoms with van der Waals surface area (Å²) in [5.74, 6) is -1.38. The van der Waals surface area contributed by atoms with Crippen LogP contribution in [0.4, 0.5) is 4.79 Å². The molecular weight excluding hydrogens is 444 g/mol. The largest absolute Gasteiger partial charge is 0.480 e. The number of hydrogen-bond acceptors (Lipinski definition) is 4. The van der Waals surface area contributed by atoms with Crippen molar-refractivity contribution in [3.63, 3.8) is 0 Å². The molecule has 2 amide bonds. The van der Waals surface area contributed by atoms with E-state index >= 15 is 0 Å². The van der Waals surface area contributed by atoms with Gasteiger partial charge in [0.15, 0.2) is 0 Å². The van der Waals surface area contributed by atoms with E-state index in [2.05, 4.69) is 29.6 Å². The molecule has 0 spiro atoms. The minimum atomic E-state index is -1.00. The van der Waals surface area contributed by atoms with Gasteiger partial charge in [-0.3, -0.25) is 4.79 Å². The van der Waals surface area contributed by atoms with Crippen LogP contribution < -0.4 is 5.32 Å². The molecule has 0 radical (unpaired) electrons. The second-order valence-electron chi connectivity index (χ2n) is 10.4. The SMILES string of the molecule is CC(C)C(NC(=O)OCC1c2ccccc2-c2ccccc21)C(C)(C)C(=O)N1CCC[C@H]1C(=O)O. The molecule has 7 nitrogen and oxygen atoms in total. The highest BCUT2D eigenvalue weighted by molar-refractivity contribution is 5.88. The van der Waals surface area contributed by atoms with Gasteiger partial charge in [-0.25, -0.2) is 9.59 Å². The fourth-order valence-electron chi connectivity index (χ4n) is 5.72. The molecule has 1 saturated heterocycles. The third kappa shape index (κ3) is 4.64. The maximum absolute atomic E-state index is 13.4. The zero-order valence-electron chi connectivity index (χ0n) is 20.8. The van der Waals surface area contributed by atoms with Crippen molar-refractivity contribution in [2.24, 2.45) is 11.3 Å². The summed E-state index contributed by atoms with van der Waals surface area (Å²) < 4.78 is 5.71. The zero-order valence-corrected chi connectivity index (χ0v) is 20.8. The summed E-state index contributed by atoms with van der Waals surface area (Å²) in [4.78, 5) is 39.4. The number of likely N-dealkylation sites (tertiary alicyclic amines) is 1. The molecule has 2 aliphatic rings. The number of alkyl carbamates (subject to hydrolysis) is 1. The normalized spacial score (nSPS) is 18.2. The quantitative estimate of drug-likeness (QED) is 0.604. The van der Waals surface area contributed by atoms with E-state index in [0.717, 1.165) is 22.3 Å².